The lowest BCUT2D eigenvalue weighted by Gasteiger charge is -2.35. The summed E-state index contributed by atoms with van der Waals surface area (Å²) in [4.78, 5) is 2.11. The van der Waals surface area contributed by atoms with E-state index in [1.807, 2.05) is 7.05 Å². The van der Waals surface area contributed by atoms with E-state index in [-0.39, 0.29) is 5.82 Å². The molecule has 4 heteroatoms. The number of benzene rings is 2. The minimum atomic E-state index is -0.244. The van der Waals surface area contributed by atoms with Crippen LogP contribution in [0, 0.1) is 5.82 Å². The first kappa shape index (κ1) is 15.0. The molecule has 2 nitrogen and oxygen atoms in total. The summed E-state index contributed by atoms with van der Waals surface area (Å²) >= 11 is 5.52. The highest BCUT2D eigenvalue weighted by molar-refractivity contribution is 7.80. The lowest BCUT2D eigenvalue weighted by atomic mass is 9.87. The number of rotatable bonds is 2. The van der Waals surface area contributed by atoms with Crippen LogP contribution in [0.25, 0.3) is 0 Å². The maximum atomic E-state index is 13.0. The lowest BCUT2D eigenvalue weighted by molar-refractivity contribution is 0.336. The van der Waals surface area contributed by atoms with Gasteiger partial charge >= 0.3 is 0 Å². The molecule has 0 radical (unpaired) electrons. The van der Waals surface area contributed by atoms with Gasteiger partial charge in [0.05, 0.1) is 6.04 Å². The number of anilines is 1. The van der Waals surface area contributed by atoms with E-state index in [0.29, 0.717) is 11.2 Å². The van der Waals surface area contributed by atoms with Gasteiger partial charge in [0.1, 0.15) is 5.82 Å². The van der Waals surface area contributed by atoms with E-state index in [2.05, 4.69) is 34.5 Å². The van der Waals surface area contributed by atoms with Gasteiger partial charge in [-0.15, -0.1) is 0 Å². The monoisotopic (exact) mass is 314 g/mol. The second-order valence-corrected chi connectivity index (χ2v) is 6.04. The van der Waals surface area contributed by atoms with Crippen LogP contribution >= 0.6 is 12.2 Å². The Kier molecular flexibility index (Phi) is 4.39. The van der Waals surface area contributed by atoms with Gasteiger partial charge in [-0.1, -0.05) is 24.3 Å². The fraction of sp³-hybridized carbons (Fsp3) is 0.278. The number of nitrogens with zero attached hydrogens (tertiary/aromatic N) is 1. The fourth-order valence-corrected chi connectivity index (χ4v) is 3.26. The third-order valence-corrected chi connectivity index (χ3v) is 4.61. The van der Waals surface area contributed by atoms with Crippen molar-refractivity contribution in [1.82, 2.24) is 4.90 Å². The van der Waals surface area contributed by atoms with Gasteiger partial charge in [-0.3, -0.25) is 0 Å². The summed E-state index contributed by atoms with van der Waals surface area (Å²) in [6.07, 6.45) is 3.41. The molecule has 22 heavy (non-hydrogen) atoms. The average molecular weight is 314 g/mol. The zero-order valence-corrected chi connectivity index (χ0v) is 13.4. The van der Waals surface area contributed by atoms with Gasteiger partial charge in [0.15, 0.2) is 5.11 Å². The largest absolute Gasteiger partial charge is 0.345 e. The molecule has 1 aliphatic carbocycles. The quantitative estimate of drug-likeness (QED) is 0.820. The van der Waals surface area contributed by atoms with Gasteiger partial charge in [0, 0.05) is 12.7 Å². The van der Waals surface area contributed by atoms with Crippen LogP contribution in [0.15, 0.2) is 48.5 Å². The van der Waals surface area contributed by atoms with Crippen LogP contribution in [-0.4, -0.2) is 17.1 Å². The molecule has 114 valence electrons. The van der Waals surface area contributed by atoms with Gasteiger partial charge in [-0.05, 0) is 66.9 Å². The van der Waals surface area contributed by atoms with Gasteiger partial charge in [-0.2, -0.15) is 0 Å². The molecule has 0 bridgehead atoms. The van der Waals surface area contributed by atoms with E-state index in [1.54, 1.807) is 12.1 Å². The van der Waals surface area contributed by atoms with Crippen LogP contribution in [0.5, 0.6) is 0 Å². The maximum Gasteiger partial charge on any atom is 0.173 e. The predicted molar refractivity (Wildman–Crippen MR) is 92.5 cm³/mol. The van der Waals surface area contributed by atoms with E-state index in [1.165, 1.54) is 29.7 Å². The Bertz CT molecular complexity index is 669. The molecule has 0 unspecified atom stereocenters. The topological polar surface area (TPSA) is 15.3 Å². The first-order chi connectivity index (χ1) is 10.6. The van der Waals surface area contributed by atoms with Crippen LogP contribution in [0.3, 0.4) is 0 Å². The molecular formula is C18H19FN2S. The van der Waals surface area contributed by atoms with Crippen LogP contribution in [-0.2, 0) is 6.42 Å². The van der Waals surface area contributed by atoms with Crippen molar-refractivity contribution in [2.75, 3.05) is 12.4 Å². The second-order valence-electron chi connectivity index (χ2n) is 5.65. The van der Waals surface area contributed by atoms with Crippen molar-refractivity contribution < 1.29 is 4.39 Å². The van der Waals surface area contributed by atoms with E-state index >= 15 is 0 Å². The number of hydrogen-bond acceptors (Lipinski definition) is 1. The zero-order chi connectivity index (χ0) is 15.5. The fourth-order valence-electron chi connectivity index (χ4n) is 3.02. The van der Waals surface area contributed by atoms with E-state index in [0.717, 1.165) is 18.5 Å². The molecule has 0 heterocycles. The number of fused-ring (bicyclic) bond motifs is 1. The Hall–Kier alpha value is -1.94. The standard InChI is InChI=1S/C18H19FN2S/c1-21(18(22)20-15-11-9-14(19)10-12-15)17-8-4-6-13-5-2-3-7-16(13)17/h2-3,5,7,9-12,17H,4,6,8H2,1H3,(H,20,22)/t17-/m1/s1. The Labute approximate surface area is 136 Å². The average Bonchev–Trinajstić information content (AvgIpc) is 2.55. The molecule has 0 saturated heterocycles. The first-order valence-electron chi connectivity index (χ1n) is 7.52. The summed E-state index contributed by atoms with van der Waals surface area (Å²) in [5.41, 5.74) is 3.58. The van der Waals surface area contributed by atoms with E-state index in [9.17, 15) is 4.39 Å². The van der Waals surface area contributed by atoms with E-state index < -0.39 is 0 Å². The number of nitrogens with one attached hydrogen (secondary N) is 1. The number of thiocarbonyl (C=S) groups is 1. The van der Waals surface area contributed by atoms with Crippen molar-refractivity contribution in [1.29, 1.82) is 0 Å². The third-order valence-electron chi connectivity index (χ3n) is 4.22. The highest BCUT2D eigenvalue weighted by atomic mass is 32.1. The summed E-state index contributed by atoms with van der Waals surface area (Å²) in [7, 11) is 2.02. The van der Waals surface area contributed by atoms with Crippen LogP contribution < -0.4 is 5.32 Å². The molecule has 1 N–H and O–H groups in total. The van der Waals surface area contributed by atoms with E-state index in [4.69, 9.17) is 12.2 Å². The summed E-state index contributed by atoms with van der Waals surface area (Å²) in [5.74, 6) is -0.244. The molecule has 0 saturated carbocycles. The molecule has 1 atom stereocenters. The molecule has 0 spiro atoms. The van der Waals surface area contributed by atoms with Gasteiger partial charge < -0.3 is 10.2 Å². The van der Waals surface area contributed by atoms with Gasteiger partial charge in [-0.25, -0.2) is 4.39 Å². The highest BCUT2D eigenvalue weighted by Gasteiger charge is 2.24. The van der Waals surface area contributed by atoms with Crippen molar-refractivity contribution >= 4 is 23.0 Å². The molecule has 1 aliphatic rings. The van der Waals surface area contributed by atoms with Gasteiger partial charge in [0.2, 0.25) is 0 Å². The van der Waals surface area contributed by atoms with Crippen molar-refractivity contribution in [2.24, 2.45) is 0 Å². The first-order valence-corrected chi connectivity index (χ1v) is 7.93. The summed E-state index contributed by atoms with van der Waals surface area (Å²) in [6.45, 7) is 0. The normalized spacial score (nSPS) is 16.7. The summed E-state index contributed by atoms with van der Waals surface area (Å²) in [5, 5.41) is 3.85. The lowest BCUT2D eigenvalue weighted by Crippen LogP contribution is -2.36. The zero-order valence-electron chi connectivity index (χ0n) is 12.6. The third kappa shape index (κ3) is 3.12. The summed E-state index contributed by atoms with van der Waals surface area (Å²) < 4.78 is 13.0. The molecule has 0 aliphatic heterocycles. The van der Waals surface area contributed by atoms with Crippen molar-refractivity contribution in [2.45, 2.75) is 25.3 Å². The van der Waals surface area contributed by atoms with Crippen LogP contribution in [0.1, 0.15) is 30.0 Å². The molecule has 2 aromatic rings. The minimum absolute atomic E-state index is 0.244. The van der Waals surface area contributed by atoms with Gasteiger partial charge in [0.25, 0.3) is 0 Å². The second kappa shape index (κ2) is 6.44. The SMILES string of the molecule is CN(C(=S)Nc1ccc(F)cc1)[C@@H]1CCCc2ccccc21. The highest BCUT2D eigenvalue weighted by Crippen LogP contribution is 2.33. The van der Waals surface area contributed by atoms with Crippen molar-refractivity contribution in [3.05, 3.63) is 65.5 Å². The predicted octanol–water partition coefficient (Wildman–Crippen LogP) is 4.53. The number of hydrogen-bond donors (Lipinski definition) is 1. The van der Waals surface area contributed by atoms with Crippen molar-refractivity contribution in [3.8, 4) is 0 Å². The minimum Gasteiger partial charge on any atom is -0.345 e. The Morgan fingerprint density at radius 2 is 1.91 bits per heavy atom. The molecule has 0 fully saturated rings. The molecule has 2 aromatic carbocycles. The smallest absolute Gasteiger partial charge is 0.173 e. The Balaban J connectivity index is 1.75. The molecular weight excluding hydrogens is 295 g/mol. The van der Waals surface area contributed by atoms with Crippen LogP contribution in [0.2, 0.25) is 0 Å². The van der Waals surface area contributed by atoms with Crippen molar-refractivity contribution in [3.63, 3.8) is 0 Å². The summed E-state index contributed by atoms with van der Waals surface area (Å²) in [6, 6.07) is 15.1. The number of halogens is 1. The number of aryl methyl sites for hydroxylation is 1. The molecule has 0 amide bonds. The molecule has 0 aromatic heterocycles. The Morgan fingerprint density at radius 3 is 2.68 bits per heavy atom. The Morgan fingerprint density at radius 1 is 1.18 bits per heavy atom. The van der Waals surface area contributed by atoms with Crippen LogP contribution in [0.4, 0.5) is 10.1 Å². The molecule has 3 rings (SSSR count). The maximum absolute atomic E-state index is 13.0.